The Kier molecular flexibility index (Phi) is 3.44. The number of nitrogens with zero attached hydrogens (tertiary/aromatic N) is 1. The first kappa shape index (κ1) is 9.18. The highest BCUT2D eigenvalue weighted by Crippen LogP contribution is 2.01. The normalized spacial score (nSPS) is 8.92. The average Bonchev–Trinajstić information content (AvgIpc) is 2.17. The van der Waals surface area contributed by atoms with Crippen molar-refractivity contribution in [2.45, 2.75) is 6.61 Å². The Hall–Kier alpha value is -1.91. The van der Waals surface area contributed by atoms with E-state index in [1.165, 1.54) is 0 Å². The molecule has 0 aliphatic carbocycles. The fourth-order valence-corrected chi connectivity index (χ4v) is 0.773. The summed E-state index contributed by atoms with van der Waals surface area (Å²) >= 11 is 0. The van der Waals surface area contributed by atoms with Crippen LogP contribution in [0.25, 0.3) is 0 Å². The first-order chi connectivity index (χ1) is 6.33. The van der Waals surface area contributed by atoms with Crippen LogP contribution >= 0.6 is 0 Å². The Morgan fingerprint density at radius 2 is 2.00 bits per heavy atom. The van der Waals surface area contributed by atoms with Crippen molar-refractivity contribution in [2.75, 3.05) is 0 Å². The van der Waals surface area contributed by atoms with Crippen LogP contribution in [0.15, 0.2) is 35.7 Å². The molecule has 1 aromatic rings. The smallest absolute Gasteiger partial charge is 0.428 e. The predicted molar refractivity (Wildman–Crippen MR) is 43.5 cm³/mol. The van der Waals surface area contributed by atoms with Crippen LogP contribution in [0.3, 0.4) is 0 Å². The van der Waals surface area contributed by atoms with E-state index in [4.69, 9.17) is 0 Å². The third-order valence-electron chi connectivity index (χ3n) is 1.31. The lowest BCUT2D eigenvalue weighted by molar-refractivity contribution is 0.0505. The molecule has 1 aromatic carbocycles. The fraction of sp³-hybridized carbons (Fsp3) is 0.125. The van der Waals surface area contributed by atoms with E-state index in [0.29, 0.717) is 0 Å². The number of ether oxygens (including phenoxy) is 1. The highest BCUT2D eigenvalue weighted by molar-refractivity contribution is 5.59. The zero-order valence-corrected chi connectivity index (χ0v) is 6.67. The largest absolute Gasteiger partial charge is 0.537 e. The second-order valence-corrected chi connectivity index (χ2v) is 2.19. The van der Waals surface area contributed by atoms with Crippen LogP contribution in [0.4, 0.5) is 4.79 Å². The van der Waals surface area contributed by atoms with Gasteiger partial charge in [-0.25, -0.2) is 9.63 Å². The summed E-state index contributed by atoms with van der Waals surface area (Å²) in [5, 5.41) is 1.92. The van der Waals surface area contributed by atoms with Crippen LogP contribution in [-0.4, -0.2) is 6.16 Å². The highest BCUT2D eigenvalue weighted by atomic mass is 16.8. The van der Waals surface area contributed by atoms with Crippen LogP contribution in [0, 0.1) is 4.91 Å². The molecular weight excluding hydrogens is 174 g/mol. The van der Waals surface area contributed by atoms with Crippen LogP contribution < -0.4 is 0 Å². The molecule has 0 unspecified atom stereocenters. The van der Waals surface area contributed by atoms with Gasteiger partial charge in [0.05, 0.1) is 0 Å². The Labute approximate surface area is 74.2 Å². The van der Waals surface area contributed by atoms with Gasteiger partial charge in [0.1, 0.15) is 6.61 Å². The molecular formula is C8H7NO4. The first-order valence-electron chi connectivity index (χ1n) is 3.53. The number of hydrogen-bond donors (Lipinski definition) is 0. The van der Waals surface area contributed by atoms with E-state index in [1.807, 2.05) is 23.5 Å². The molecule has 0 aliphatic rings. The van der Waals surface area contributed by atoms with Crippen molar-refractivity contribution in [3.8, 4) is 0 Å². The van der Waals surface area contributed by atoms with E-state index in [-0.39, 0.29) is 6.61 Å². The topological polar surface area (TPSA) is 65.0 Å². The fourth-order valence-electron chi connectivity index (χ4n) is 0.773. The summed E-state index contributed by atoms with van der Waals surface area (Å²) < 4.78 is 4.51. The minimum atomic E-state index is -1.10. The molecule has 0 saturated carbocycles. The highest BCUT2D eigenvalue weighted by Gasteiger charge is 2.03. The van der Waals surface area contributed by atoms with Gasteiger partial charge in [0, 0.05) is 0 Å². The molecule has 0 atom stereocenters. The Balaban J connectivity index is 2.35. The molecule has 5 heteroatoms. The molecule has 0 saturated heterocycles. The minimum Gasteiger partial charge on any atom is -0.428 e. The quantitative estimate of drug-likeness (QED) is 0.406. The van der Waals surface area contributed by atoms with E-state index in [1.54, 1.807) is 12.1 Å². The Morgan fingerprint density at radius 1 is 1.31 bits per heavy atom. The van der Waals surface area contributed by atoms with Gasteiger partial charge in [0.15, 0.2) is 5.34 Å². The van der Waals surface area contributed by atoms with Gasteiger partial charge in [-0.15, -0.1) is 4.91 Å². The zero-order chi connectivity index (χ0) is 9.52. The summed E-state index contributed by atoms with van der Waals surface area (Å²) in [6.45, 7) is 0.0647. The van der Waals surface area contributed by atoms with Crippen molar-refractivity contribution in [1.82, 2.24) is 0 Å². The van der Waals surface area contributed by atoms with Crippen molar-refractivity contribution in [3.05, 3.63) is 40.8 Å². The van der Waals surface area contributed by atoms with E-state index >= 15 is 0 Å². The van der Waals surface area contributed by atoms with Gasteiger partial charge in [-0.05, 0) is 5.56 Å². The van der Waals surface area contributed by atoms with Crippen LogP contribution in [0.5, 0.6) is 0 Å². The van der Waals surface area contributed by atoms with Gasteiger partial charge in [-0.2, -0.15) is 0 Å². The molecule has 0 aromatic heterocycles. The number of carbonyl (C=O) groups excluding carboxylic acids is 1. The van der Waals surface area contributed by atoms with Crippen LogP contribution in [0.1, 0.15) is 5.56 Å². The second-order valence-electron chi connectivity index (χ2n) is 2.19. The molecule has 0 radical (unpaired) electrons. The van der Waals surface area contributed by atoms with Gasteiger partial charge in [0.25, 0.3) is 0 Å². The number of rotatable bonds is 3. The average molecular weight is 181 g/mol. The van der Waals surface area contributed by atoms with Crippen molar-refractivity contribution >= 4 is 6.16 Å². The molecule has 68 valence electrons. The summed E-state index contributed by atoms with van der Waals surface area (Å²) in [5.74, 6) is 0. The number of carbonyl (C=O) groups is 1. The molecule has 13 heavy (non-hydrogen) atoms. The van der Waals surface area contributed by atoms with Gasteiger partial charge >= 0.3 is 6.16 Å². The van der Waals surface area contributed by atoms with Crippen molar-refractivity contribution in [2.24, 2.45) is 5.34 Å². The standard InChI is InChI=1S/C8H7NO4/c10-8(13-9-11)12-6-7-4-2-1-3-5-7/h1-5H,6H2. The number of hydrogen-bond acceptors (Lipinski definition) is 5. The van der Waals surface area contributed by atoms with E-state index in [2.05, 4.69) is 9.57 Å². The van der Waals surface area contributed by atoms with Crippen molar-refractivity contribution < 1.29 is 14.4 Å². The van der Waals surface area contributed by atoms with Crippen molar-refractivity contribution in [1.29, 1.82) is 0 Å². The van der Waals surface area contributed by atoms with Gasteiger partial charge in [0.2, 0.25) is 0 Å². The van der Waals surface area contributed by atoms with E-state index in [9.17, 15) is 9.70 Å². The second kappa shape index (κ2) is 4.87. The molecule has 0 fully saturated rings. The first-order valence-corrected chi connectivity index (χ1v) is 3.53. The molecule has 0 bridgehead atoms. The molecule has 0 N–H and O–H groups in total. The summed E-state index contributed by atoms with van der Waals surface area (Å²) in [4.78, 5) is 23.6. The van der Waals surface area contributed by atoms with E-state index < -0.39 is 6.16 Å². The SMILES string of the molecule is O=NOC(=O)OCc1ccccc1. The van der Waals surface area contributed by atoms with Gasteiger partial charge in [-0.3, -0.25) is 0 Å². The third kappa shape index (κ3) is 3.33. The molecule has 5 nitrogen and oxygen atoms in total. The van der Waals surface area contributed by atoms with Crippen LogP contribution in [-0.2, 0) is 16.2 Å². The lowest BCUT2D eigenvalue weighted by Crippen LogP contribution is -2.02. The maximum atomic E-state index is 10.5. The molecule has 0 spiro atoms. The lowest BCUT2D eigenvalue weighted by atomic mass is 10.2. The summed E-state index contributed by atoms with van der Waals surface area (Å²) in [6, 6.07) is 9.02. The minimum absolute atomic E-state index is 0.0647. The van der Waals surface area contributed by atoms with Crippen LogP contribution in [0.2, 0.25) is 0 Å². The lowest BCUT2D eigenvalue weighted by Gasteiger charge is -1.99. The maximum absolute atomic E-state index is 10.5. The van der Waals surface area contributed by atoms with E-state index in [0.717, 1.165) is 5.56 Å². The third-order valence-corrected chi connectivity index (χ3v) is 1.31. The number of benzene rings is 1. The monoisotopic (exact) mass is 181 g/mol. The molecule has 0 aliphatic heterocycles. The Bertz CT molecular complexity index is 285. The van der Waals surface area contributed by atoms with Gasteiger partial charge < -0.3 is 4.74 Å². The molecule has 0 amide bonds. The maximum Gasteiger partial charge on any atom is 0.537 e. The Morgan fingerprint density at radius 3 is 2.62 bits per heavy atom. The van der Waals surface area contributed by atoms with Crippen molar-refractivity contribution in [3.63, 3.8) is 0 Å². The van der Waals surface area contributed by atoms with Gasteiger partial charge in [-0.1, -0.05) is 30.3 Å². The molecule has 0 heterocycles. The summed E-state index contributed by atoms with van der Waals surface area (Å²) in [5.41, 5.74) is 0.811. The molecule has 1 rings (SSSR count). The summed E-state index contributed by atoms with van der Waals surface area (Å²) in [7, 11) is 0. The summed E-state index contributed by atoms with van der Waals surface area (Å²) in [6.07, 6.45) is -1.10. The zero-order valence-electron chi connectivity index (χ0n) is 6.67. The predicted octanol–water partition coefficient (Wildman–Crippen LogP) is 2.02.